The number of rotatable bonds is 2. The van der Waals surface area contributed by atoms with Crippen LogP contribution in [-0.4, -0.2) is 27.2 Å². The lowest BCUT2D eigenvalue weighted by atomic mass is 9.98. The van der Waals surface area contributed by atoms with Gasteiger partial charge in [-0.1, -0.05) is 0 Å². The van der Waals surface area contributed by atoms with Crippen molar-refractivity contribution in [3.05, 3.63) is 46.8 Å². The minimum atomic E-state index is -3.66. The van der Waals surface area contributed by atoms with Crippen molar-refractivity contribution in [1.82, 2.24) is 0 Å². The Hall–Kier alpha value is -2.81. The standard InChI is InChI=1S/C16H12FNO6S/c1-25(20,21)18-12-2-8-6-22-13-5-15-14(23-7-24-15)4-10(13)16(19)9(8)3-11(12)17/h2-5,18H,6-7H2,1H3. The van der Waals surface area contributed by atoms with E-state index in [-0.39, 0.29) is 30.2 Å². The van der Waals surface area contributed by atoms with E-state index in [9.17, 15) is 17.6 Å². The van der Waals surface area contributed by atoms with E-state index in [4.69, 9.17) is 14.2 Å². The molecule has 0 saturated heterocycles. The minimum Gasteiger partial charge on any atom is -0.488 e. The summed E-state index contributed by atoms with van der Waals surface area (Å²) in [6.45, 7) is 0.0323. The number of anilines is 1. The molecule has 4 rings (SSSR count). The zero-order chi connectivity index (χ0) is 17.8. The number of ketones is 1. The molecule has 2 aromatic rings. The second-order valence-electron chi connectivity index (χ2n) is 5.68. The summed E-state index contributed by atoms with van der Waals surface area (Å²) in [6.07, 6.45) is 0.914. The Balaban J connectivity index is 1.81. The quantitative estimate of drug-likeness (QED) is 0.876. The van der Waals surface area contributed by atoms with Crippen LogP contribution in [0.2, 0.25) is 0 Å². The number of nitrogens with one attached hydrogen (secondary N) is 1. The number of ether oxygens (including phenoxy) is 3. The van der Waals surface area contributed by atoms with Gasteiger partial charge in [0.05, 0.1) is 17.5 Å². The van der Waals surface area contributed by atoms with Gasteiger partial charge in [0, 0.05) is 17.2 Å². The molecule has 0 bridgehead atoms. The third-order valence-electron chi connectivity index (χ3n) is 3.84. The summed E-state index contributed by atoms with van der Waals surface area (Å²) in [7, 11) is -3.66. The maximum Gasteiger partial charge on any atom is 0.231 e. The van der Waals surface area contributed by atoms with E-state index >= 15 is 0 Å². The third kappa shape index (κ3) is 2.76. The lowest BCUT2D eigenvalue weighted by Gasteiger charge is -2.10. The van der Waals surface area contributed by atoms with Crippen molar-refractivity contribution in [1.29, 1.82) is 0 Å². The molecule has 0 amide bonds. The van der Waals surface area contributed by atoms with Crippen LogP contribution in [0.5, 0.6) is 17.2 Å². The fourth-order valence-corrected chi connectivity index (χ4v) is 3.30. The summed E-state index contributed by atoms with van der Waals surface area (Å²) in [5.74, 6) is -0.117. The van der Waals surface area contributed by atoms with Gasteiger partial charge in [0.25, 0.3) is 0 Å². The summed E-state index contributed by atoms with van der Waals surface area (Å²) in [6, 6.07) is 5.31. The number of halogens is 1. The third-order valence-corrected chi connectivity index (χ3v) is 4.43. The van der Waals surface area contributed by atoms with Crippen molar-refractivity contribution in [3.63, 3.8) is 0 Å². The van der Waals surface area contributed by atoms with Crippen LogP contribution in [-0.2, 0) is 16.6 Å². The summed E-state index contributed by atoms with van der Waals surface area (Å²) < 4.78 is 55.2. The topological polar surface area (TPSA) is 90.9 Å². The SMILES string of the molecule is CS(=O)(=O)Nc1cc2c(cc1F)C(=O)c1cc3c(cc1OC2)OCO3. The second kappa shape index (κ2) is 5.35. The van der Waals surface area contributed by atoms with Crippen LogP contribution in [0.4, 0.5) is 10.1 Å². The molecule has 0 spiro atoms. The van der Waals surface area contributed by atoms with E-state index in [2.05, 4.69) is 4.72 Å². The van der Waals surface area contributed by atoms with Gasteiger partial charge in [0.2, 0.25) is 16.8 Å². The van der Waals surface area contributed by atoms with Crippen LogP contribution in [0.1, 0.15) is 21.5 Å². The summed E-state index contributed by atoms with van der Waals surface area (Å²) in [5, 5.41) is 0. The average molecular weight is 365 g/mol. The summed E-state index contributed by atoms with van der Waals surface area (Å²) >= 11 is 0. The zero-order valence-electron chi connectivity index (χ0n) is 13.0. The van der Waals surface area contributed by atoms with E-state index in [1.165, 1.54) is 12.1 Å². The highest BCUT2D eigenvalue weighted by Crippen LogP contribution is 2.41. The van der Waals surface area contributed by atoms with E-state index in [1.807, 2.05) is 0 Å². The Morgan fingerprint density at radius 2 is 1.72 bits per heavy atom. The van der Waals surface area contributed by atoms with Crippen molar-refractivity contribution < 1.29 is 31.8 Å². The first-order valence-corrected chi connectivity index (χ1v) is 9.12. The van der Waals surface area contributed by atoms with Crippen LogP contribution < -0.4 is 18.9 Å². The first kappa shape index (κ1) is 15.7. The molecule has 1 N–H and O–H groups in total. The van der Waals surface area contributed by atoms with Gasteiger partial charge in [-0.3, -0.25) is 9.52 Å². The number of carbonyl (C=O) groups is 1. The number of hydrogen-bond acceptors (Lipinski definition) is 6. The van der Waals surface area contributed by atoms with Gasteiger partial charge >= 0.3 is 0 Å². The van der Waals surface area contributed by atoms with Crippen molar-refractivity contribution in [2.75, 3.05) is 17.8 Å². The van der Waals surface area contributed by atoms with Gasteiger partial charge in [-0.25, -0.2) is 12.8 Å². The maximum absolute atomic E-state index is 14.2. The number of hydrogen-bond donors (Lipinski definition) is 1. The van der Waals surface area contributed by atoms with Crippen LogP contribution in [0.25, 0.3) is 0 Å². The molecule has 0 radical (unpaired) electrons. The smallest absolute Gasteiger partial charge is 0.231 e. The molecular weight excluding hydrogens is 353 g/mol. The molecule has 0 fully saturated rings. The molecule has 2 heterocycles. The largest absolute Gasteiger partial charge is 0.488 e. The monoisotopic (exact) mass is 365 g/mol. The highest BCUT2D eigenvalue weighted by atomic mass is 32.2. The van der Waals surface area contributed by atoms with Gasteiger partial charge < -0.3 is 14.2 Å². The molecule has 25 heavy (non-hydrogen) atoms. The van der Waals surface area contributed by atoms with Gasteiger partial charge in [0.15, 0.2) is 17.3 Å². The van der Waals surface area contributed by atoms with Crippen molar-refractivity contribution in [2.24, 2.45) is 0 Å². The van der Waals surface area contributed by atoms with Crippen LogP contribution in [0, 0.1) is 5.82 Å². The van der Waals surface area contributed by atoms with E-state index < -0.39 is 21.6 Å². The number of sulfonamides is 1. The van der Waals surface area contributed by atoms with Gasteiger partial charge in [-0.2, -0.15) is 0 Å². The Morgan fingerprint density at radius 1 is 1.00 bits per heavy atom. The van der Waals surface area contributed by atoms with Crippen molar-refractivity contribution >= 4 is 21.5 Å². The highest BCUT2D eigenvalue weighted by molar-refractivity contribution is 7.92. The fraction of sp³-hybridized carbons (Fsp3) is 0.188. The van der Waals surface area contributed by atoms with E-state index in [1.54, 1.807) is 6.07 Å². The predicted molar refractivity (Wildman–Crippen MR) is 85.2 cm³/mol. The van der Waals surface area contributed by atoms with Crippen LogP contribution in [0.3, 0.4) is 0 Å². The summed E-state index contributed by atoms with van der Waals surface area (Å²) in [4.78, 5) is 12.8. The molecule has 0 atom stereocenters. The Bertz CT molecular complexity index is 1020. The van der Waals surface area contributed by atoms with E-state index in [0.717, 1.165) is 12.3 Å². The molecule has 0 unspecified atom stereocenters. The normalized spacial score (nSPS) is 15.0. The molecule has 2 aromatic carbocycles. The number of fused-ring (bicyclic) bond motifs is 3. The highest BCUT2D eigenvalue weighted by Gasteiger charge is 2.28. The number of benzene rings is 2. The molecule has 2 aliphatic heterocycles. The Kier molecular flexibility index (Phi) is 3.36. The van der Waals surface area contributed by atoms with E-state index in [0.29, 0.717) is 22.8 Å². The molecule has 130 valence electrons. The first-order valence-electron chi connectivity index (χ1n) is 7.23. The molecule has 0 aliphatic carbocycles. The fourth-order valence-electron chi connectivity index (χ4n) is 2.75. The zero-order valence-corrected chi connectivity index (χ0v) is 13.8. The lowest BCUT2D eigenvalue weighted by molar-refractivity contribution is 0.103. The lowest BCUT2D eigenvalue weighted by Crippen LogP contribution is -2.13. The van der Waals surface area contributed by atoms with Gasteiger partial charge in [-0.15, -0.1) is 0 Å². The Labute approximate surface area is 142 Å². The minimum absolute atomic E-state index is 0.0214. The molecule has 2 aliphatic rings. The average Bonchev–Trinajstić information content (AvgIpc) is 2.94. The van der Waals surface area contributed by atoms with Crippen molar-refractivity contribution in [3.8, 4) is 17.2 Å². The van der Waals surface area contributed by atoms with Crippen LogP contribution >= 0.6 is 0 Å². The second-order valence-corrected chi connectivity index (χ2v) is 7.43. The first-order chi connectivity index (χ1) is 11.8. The van der Waals surface area contributed by atoms with Crippen molar-refractivity contribution in [2.45, 2.75) is 6.61 Å². The summed E-state index contributed by atoms with van der Waals surface area (Å²) in [5.41, 5.74) is 0.467. The molecule has 7 nitrogen and oxygen atoms in total. The molecule has 0 aromatic heterocycles. The number of carbonyl (C=O) groups excluding carboxylic acids is 1. The van der Waals surface area contributed by atoms with Gasteiger partial charge in [-0.05, 0) is 18.2 Å². The molecule has 0 saturated carbocycles. The maximum atomic E-state index is 14.2. The molecule has 9 heteroatoms. The van der Waals surface area contributed by atoms with Gasteiger partial charge in [0.1, 0.15) is 18.2 Å². The van der Waals surface area contributed by atoms with Crippen LogP contribution in [0.15, 0.2) is 24.3 Å². The predicted octanol–water partition coefficient (Wildman–Crippen LogP) is 2.05. The molecular formula is C16H12FNO6S. The Morgan fingerprint density at radius 3 is 2.44 bits per heavy atom.